The Kier molecular flexibility index (Phi) is 6.60. The van der Waals surface area contributed by atoms with Crippen molar-refractivity contribution in [2.24, 2.45) is 5.92 Å². The molecule has 0 unspecified atom stereocenters. The first-order valence-corrected chi connectivity index (χ1v) is 10.8. The van der Waals surface area contributed by atoms with Crippen molar-refractivity contribution in [2.45, 2.75) is 58.5 Å². The Bertz CT molecular complexity index is 812. The molecule has 0 radical (unpaired) electrons. The maximum atomic E-state index is 13.6. The maximum absolute atomic E-state index is 13.6. The highest BCUT2D eigenvalue weighted by molar-refractivity contribution is 7.11. The minimum Gasteiger partial charge on any atom is -0.497 e. The fourth-order valence-corrected chi connectivity index (χ4v) is 4.86. The van der Waals surface area contributed by atoms with Gasteiger partial charge in [-0.05, 0) is 57.6 Å². The molecule has 1 aromatic carbocycles. The van der Waals surface area contributed by atoms with Gasteiger partial charge < -0.3 is 14.4 Å². The van der Waals surface area contributed by atoms with E-state index in [2.05, 4.69) is 23.7 Å². The Morgan fingerprint density at radius 2 is 1.93 bits per heavy atom. The van der Waals surface area contributed by atoms with Gasteiger partial charge in [-0.25, -0.2) is 4.98 Å². The number of hydrogen-bond donors (Lipinski definition) is 0. The first-order valence-electron chi connectivity index (χ1n) is 9.90. The van der Waals surface area contributed by atoms with E-state index in [0.29, 0.717) is 0 Å². The van der Waals surface area contributed by atoms with Crippen LogP contribution in [0.4, 0.5) is 0 Å². The van der Waals surface area contributed by atoms with E-state index in [1.165, 1.54) is 11.3 Å². The number of hydrogen-bond acceptors (Lipinski definition) is 5. The molecule has 1 aliphatic rings. The summed E-state index contributed by atoms with van der Waals surface area (Å²) in [6.07, 6.45) is 4.38. The van der Waals surface area contributed by atoms with Crippen LogP contribution >= 0.6 is 11.3 Å². The van der Waals surface area contributed by atoms with Gasteiger partial charge in [-0.2, -0.15) is 0 Å². The Labute approximate surface area is 171 Å². The Morgan fingerprint density at radius 1 is 1.21 bits per heavy atom. The van der Waals surface area contributed by atoms with Crippen molar-refractivity contribution in [2.75, 3.05) is 14.2 Å². The summed E-state index contributed by atoms with van der Waals surface area (Å²) in [5, 5.41) is 0. The number of methoxy groups -OCH3 is 2. The minimum atomic E-state index is -0.103. The van der Waals surface area contributed by atoms with Gasteiger partial charge in [0.25, 0.3) is 5.91 Å². The van der Waals surface area contributed by atoms with E-state index in [1.54, 1.807) is 19.7 Å². The first kappa shape index (κ1) is 20.6. The Balaban J connectivity index is 1.98. The van der Waals surface area contributed by atoms with Crippen LogP contribution in [0.3, 0.4) is 0 Å². The van der Waals surface area contributed by atoms with Gasteiger partial charge in [0.2, 0.25) is 0 Å². The van der Waals surface area contributed by atoms with E-state index >= 15 is 0 Å². The van der Waals surface area contributed by atoms with E-state index in [9.17, 15) is 4.79 Å². The average Bonchev–Trinajstić information content (AvgIpc) is 3.14. The van der Waals surface area contributed by atoms with Gasteiger partial charge in [-0.1, -0.05) is 6.92 Å². The molecule has 0 spiro atoms. The highest BCUT2D eigenvalue weighted by atomic mass is 32.1. The lowest BCUT2D eigenvalue weighted by Crippen LogP contribution is -2.43. The van der Waals surface area contributed by atoms with Gasteiger partial charge in [0.1, 0.15) is 16.4 Å². The summed E-state index contributed by atoms with van der Waals surface area (Å²) < 4.78 is 11.0. The van der Waals surface area contributed by atoms with Crippen LogP contribution in [0.2, 0.25) is 0 Å². The number of benzene rings is 1. The van der Waals surface area contributed by atoms with Gasteiger partial charge in [0.15, 0.2) is 0 Å². The summed E-state index contributed by atoms with van der Waals surface area (Å²) in [4.78, 5) is 20.7. The highest BCUT2D eigenvalue weighted by Gasteiger charge is 2.34. The van der Waals surface area contributed by atoms with Crippen LogP contribution in [0.25, 0.3) is 0 Å². The molecule has 6 heteroatoms. The molecule has 152 valence electrons. The molecule has 1 aliphatic carbocycles. The number of ether oxygens (including phenoxy) is 2. The number of carbonyl (C=O) groups is 1. The predicted molar refractivity (Wildman–Crippen MR) is 112 cm³/mol. The summed E-state index contributed by atoms with van der Waals surface area (Å²) in [7, 11) is 3.30. The van der Waals surface area contributed by atoms with Crippen LogP contribution in [0.1, 0.15) is 66.5 Å². The summed E-state index contributed by atoms with van der Waals surface area (Å²) in [6, 6.07) is 5.95. The largest absolute Gasteiger partial charge is 0.497 e. The molecule has 1 atom stereocenters. The quantitative estimate of drug-likeness (QED) is 0.662. The molecule has 0 bridgehead atoms. The standard InChI is InChI=1S/C22H30N2O3S/c1-14-6-8-17(9-7-14)24(22(25)21-15(2)23-13-28-21)16(3)19-11-10-18(26-4)12-20(19)27-5/h10-14,16-17H,6-9H2,1-5H3/t14?,16-,17?/m0/s1. The van der Waals surface area contributed by atoms with Crippen molar-refractivity contribution in [3.05, 3.63) is 39.8 Å². The lowest BCUT2D eigenvalue weighted by molar-refractivity contribution is 0.0508. The molecule has 1 saturated carbocycles. The number of aryl methyl sites for hydroxylation is 1. The molecule has 1 heterocycles. The van der Waals surface area contributed by atoms with Crippen LogP contribution < -0.4 is 9.47 Å². The van der Waals surface area contributed by atoms with Crippen molar-refractivity contribution in [3.63, 3.8) is 0 Å². The van der Waals surface area contributed by atoms with Gasteiger partial charge in [-0.3, -0.25) is 4.79 Å². The van der Waals surface area contributed by atoms with Gasteiger partial charge >= 0.3 is 0 Å². The van der Waals surface area contributed by atoms with E-state index in [4.69, 9.17) is 9.47 Å². The molecular formula is C22H30N2O3S. The molecule has 0 aliphatic heterocycles. The second kappa shape index (κ2) is 8.95. The molecule has 1 aromatic heterocycles. The maximum Gasteiger partial charge on any atom is 0.266 e. The van der Waals surface area contributed by atoms with Crippen molar-refractivity contribution in [1.29, 1.82) is 0 Å². The van der Waals surface area contributed by atoms with Gasteiger partial charge in [0.05, 0.1) is 31.5 Å². The lowest BCUT2D eigenvalue weighted by atomic mass is 9.85. The summed E-state index contributed by atoms with van der Waals surface area (Å²) in [5.74, 6) is 2.29. The second-order valence-corrected chi connectivity index (χ2v) is 8.53. The van der Waals surface area contributed by atoms with Crippen LogP contribution in [-0.4, -0.2) is 36.1 Å². The molecule has 3 rings (SSSR count). The molecule has 2 aromatic rings. The summed E-state index contributed by atoms with van der Waals surface area (Å²) in [5.41, 5.74) is 3.55. The molecule has 0 N–H and O–H groups in total. The molecule has 5 nitrogen and oxygen atoms in total. The first-order chi connectivity index (χ1) is 13.5. The van der Waals surface area contributed by atoms with E-state index < -0.39 is 0 Å². The molecule has 1 amide bonds. The fraction of sp³-hybridized carbons (Fsp3) is 0.545. The zero-order chi connectivity index (χ0) is 20.3. The van der Waals surface area contributed by atoms with Crippen molar-refractivity contribution >= 4 is 17.2 Å². The number of nitrogens with zero attached hydrogens (tertiary/aromatic N) is 2. The molecule has 28 heavy (non-hydrogen) atoms. The third-order valence-corrected chi connectivity index (χ3v) is 6.78. The zero-order valence-corrected chi connectivity index (χ0v) is 18.2. The number of amides is 1. The normalized spacial score (nSPS) is 20.5. The van der Waals surface area contributed by atoms with Crippen LogP contribution in [0.15, 0.2) is 23.7 Å². The third kappa shape index (κ3) is 4.17. The topological polar surface area (TPSA) is 51.7 Å². The molecular weight excluding hydrogens is 372 g/mol. The number of rotatable bonds is 6. The van der Waals surface area contributed by atoms with Gasteiger partial charge in [-0.15, -0.1) is 11.3 Å². The van der Waals surface area contributed by atoms with Crippen molar-refractivity contribution < 1.29 is 14.3 Å². The number of carbonyl (C=O) groups excluding carboxylic acids is 1. The fourth-order valence-electron chi connectivity index (χ4n) is 4.12. The zero-order valence-electron chi connectivity index (χ0n) is 17.4. The third-order valence-electron chi connectivity index (χ3n) is 5.86. The number of thiazole rings is 1. The predicted octanol–water partition coefficient (Wildman–Crippen LogP) is 5.25. The summed E-state index contributed by atoms with van der Waals surface area (Å²) >= 11 is 1.43. The smallest absolute Gasteiger partial charge is 0.266 e. The van der Waals surface area contributed by atoms with Crippen LogP contribution in [-0.2, 0) is 0 Å². The molecule has 1 fully saturated rings. The lowest BCUT2D eigenvalue weighted by Gasteiger charge is -2.40. The molecule has 0 saturated heterocycles. The van der Waals surface area contributed by atoms with Crippen molar-refractivity contribution in [3.8, 4) is 11.5 Å². The number of aromatic nitrogens is 1. The van der Waals surface area contributed by atoms with Crippen LogP contribution in [0, 0.1) is 12.8 Å². The Morgan fingerprint density at radius 3 is 2.50 bits per heavy atom. The SMILES string of the molecule is COc1ccc([C@H](C)N(C(=O)c2scnc2C)C2CCC(C)CC2)c(OC)c1. The highest BCUT2D eigenvalue weighted by Crippen LogP contribution is 2.38. The van der Waals surface area contributed by atoms with E-state index in [1.807, 2.05) is 25.1 Å². The Hall–Kier alpha value is -2.08. The second-order valence-electron chi connectivity index (χ2n) is 7.68. The monoisotopic (exact) mass is 402 g/mol. The van der Waals surface area contributed by atoms with Crippen molar-refractivity contribution in [1.82, 2.24) is 9.88 Å². The van der Waals surface area contributed by atoms with E-state index in [-0.39, 0.29) is 18.0 Å². The minimum absolute atomic E-state index is 0.0740. The van der Waals surface area contributed by atoms with Gasteiger partial charge in [0, 0.05) is 17.7 Å². The summed E-state index contributed by atoms with van der Waals surface area (Å²) in [6.45, 7) is 6.30. The average molecular weight is 403 g/mol. The van der Waals surface area contributed by atoms with E-state index in [0.717, 1.165) is 59.2 Å². The van der Waals surface area contributed by atoms with Crippen LogP contribution in [0.5, 0.6) is 11.5 Å².